The van der Waals surface area contributed by atoms with Crippen LogP contribution in [0.15, 0.2) is 60.8 Å². The number of Topliss-reactive ketones (excluding diaryl/α,β-unsaturated/α-hetero) is 1. The van der Waals surface area contributed by atoms with E-state index in [0.29, 0.717) is 17.9 Å². The topological polar surface area (TPSA) is 30.2 Å². The van der Waals surface area contributed by atoms with Crippen LogP contribution in [0.5, 0.6) is 5.75 Å². The average Bonchev–Trinajstić information content (AvgIpc) is 2.54. The molecule has 3 aromatic rings. The number of methoxy groups -OCH3 is 1. The summed E-state index contributed by atoms with van der Waals surface area (Å²) in [4.78, 5) is 12.5. The minimum atomic E-state index is 0. The highest BCUT2D eigenvalue weighted by Crippen LogP contribution is 2.14. The van der Waals surface area contributed by atoms with Crippen LogP contribution in [0.1, 0.15) is 15.9 Å². The van der Waals surface area contributed by atoms with E-state index in [1.54, 1.807) is 13.2 Å². The molecule has 0 saturated carbocycles. The Kier molecular flexibility index (Phi) is 5.50. The average molecular weight is 373 g/mol. The van der Waals surface area contributed by atoms with Crippen LogP contribution in [0, 0.1) is 6.92 Å². The van der Waals surface area contributed by atoms with Crippen LogP contribution in [0.3, 0.4) is 0 Å². The molecule has 0 bridgehead atoms. The number of halogens is 1. The number of hydrogen-bond donors (Lipinski definition) is 0. The summed E-state index contributed by atoms with van der Waals surface area (Å²) in [5.74, 6) is 0.765. The second-order valence-corrected chi connectivity index (χ2v) is 5.35. The van der Waals surface area contributed by atoms with E-state index >= 15 is 0 Å². The van der Waals surface area contributed by atoms with E-state index in [2.05, 4.69) is 31.2 Å². The molecule has 118 valence electrons. The molecule has 0 atom stereocenters. The van der Waals surface area contributed by atoms with Gasteiger partial charge in [-0.15, -0.1) is 17.0 Å². The van der Waals surface area contributed by atoms with Crippen LogP contribution in [-0.2, 0) is 6.54 Å². The summed E-state index contributed by atoms with van der Waals surface area (Å²) >= 11 is 0. The van der Waals surface area contributed by atoms with Gasteiger partial charge < -0.3 is 4.74 Å². The van der Waals surface area contributed by atoms with E-state index in [9.17, 15) is 4.79 Å². The standard InChI is InChI=1S/C19H18NO2.BrH/c1-14-8-9-18-15(11-14)6-4-10-20(18)13-19(21)16-5-3-7-17(12-16)22-2;/h3-12H,13H2,1-2H3;1H/q+1;. The van der Waals surface area contributed by atoms with Crippen molar-refractivity contribution < 1.29 is 14.1 Å². The molecule has 0 radical (unpaired) electrons. The maximum Gasteiger partial charge on any atom is 0.227 e. The van der Waals surface area contributed by atoms with Crippen molar-refractivity contribution in [3.8, 4) is 5.75 Å². The van der Waals surface area contributed by atoms with Gasteiger partial charge in [-0.3, -0.25) is 4.79 Å². The number of aryl methyl sites for hydroxylation is 1. The summed E-state index contributed by atoms with van der Waals surface area (Å²) in [5, 5.41) is 1.14. The Morgan fingerprint density at radius 2 is 1.91 bits per heavy atom. The molecule has 0 fully saturated rings. The van der Waals surface area contributed by atoms with Gasteiger partial charge in [0, 0.05) is 23.1 Å². The number of nitrogens with zero attached hydrogens (tertiary/aromatic N) is 1. The minimum Gasteiger partial charge on any atom is -0.497 e. The van der Waals surface area contributed by atoms with E-state index < -0.39 is 0 Å². The zero-order chi connectivity index (χ0) is 15.5. The predicted octanol–water partition coefficient (Wildman–Crippen LogP) is 3.91. The Balaban J connectivity index is 0.00000192. The molecule has 0 spiro atoms. The van der Waals surface area contributed by atoms with Crippen molar-refractivity contribution in [1.29, 1.82) is 0 Å². The Hall–Kier alpha value is -2.20. The van der Waals surface area contributed by atoms with Crippen LogP contribution in [0.4, 0.5) is 0 Å². The molecule has 0 unspecified atom stereocenters. The van der Waals surface area contributed by atoms with Gasteiger partial charge >= 0.3 is 0 Å². The molecule has 4 heteroatoms. The second kappa shape index (κ2) is 7.38. The lowest BCUT2D eigenvalue weighted by Crippen LogP contribution is -2.38. The van der Waals surface area contributed by atoms with Gasteiger partial charge in [0.1, 0.15) is 5.75 Å². The largest absolute Gasteiger partial charge is 0.497 e. The lowest BCUT2D eigenvalue weighted by molar-refractivity contribution is -0.657. The van der Waals surface area contributed by atoms with Crippen LogP contribution in [0.2, 0.25) is 0 Å². The number of carbonyl (C=O) groups excluding carboxylic acids is 1. The smallest absolute Gasteiger partial charge is 0.227 e. The maximum absolute atomic E-state index is 12.5. The molecular formula is C19H19BrNO2+. The highest BCUT2D eigenvalue weighted by Gasteiger charge is 2.15. The third kappa shape index (κ3) is 3.77. The lowest BCUT2D eigenvalue weighted by atomic mass is 10.1. The van der Waals surface area contributed by atoms with Gasteiger partial charge in [0.15, 0.2) is 6.20 Å². The molecule has 3 nitrogen and oxygen atoms in total. The molecule has 1 heterocycles. The molecule has 3 rings (SSSR count). The Labute approximate surface area is 146 Å². The lowest BCUT2D eigenvalue weighted by Gasteiger charge is -2.04. The van der Waals surface area contributed by atoms with E-state index in [-0.39, 0.29) is 22.8 Å². The zero-order valence-corrected chi connectivity index (χ0v) is 14.9. The Bertz CT molecular complexity index is 846. The fourth-order valence-corrected chi connectivity index (χ4v) is 2.58. The van der Waals surface area contributed by atoms with Gasteiger partial charge in [0.2, 0.25) is 17.8 Å². The molecule has 2 aromatic carbocycles. The van der Waals surface area contributed by atoms with Crippen molar-refractivity contribution in [2.24, 2.45) is 0 Å². The number of hydrogen-bond acceptors (Lipinski definition) is 2. The van der Waals surface area contributed by atoms with Gasteiger partial charge in [-0.2, -0.15) is 4.57 Å². The third-order valence-electron chi connectivity index (χ3n) is 3.74. The second-order valence-electron chi connectivity index (χ2n) is 5.35. The maximum atomic E-state index is 12.5. The first kappa shape index (κ1) is 17.2. The number of rotatable bonds is 4. The van der Waals surface area contributed by atoms with Crippen LogP contribution >= 0.6 is 17.0 Å². The van der Waals surface area contributed by atoms with Crippen molar-refractivity contribution in [3.05, 3.63) is 71.9 Å². The highest BCUT2D eigenvalue weighted by molar-refractivity contribution is 8.93. The number of fused-ring (bicyclic) bond motifs is 1. The Morgan fingerprint density at radius 3 is 2.70 bits per heavy atom. The quantitative estimate of drug-likeness (QED) is 0.513. The molecule has 0 aliphatic rings. The van der Waals surface area contributed by atoms with Gasteiger partial charge in [0.25, 0.3) is 0 Å². The van der Waals surface area contributed by atoms with Crippen molar-refractivity contribution >= 4 is 33.7 Å². The number of benzene rings is 2. The minimum absolute atomic E-state index is 0. The van der Waals surface area contributed by atoms with E-state index in [4.69, 9.17) is 4.74 Å². The van der Waals surface area contributed by atoms with Crippen molar-refractivity contribution in [2.45, 2.75) is 13.5 Å². The first-order chi connectivity index (χ1) is 10.7. The number of ether oxygens (including phenoxy) is 1. The fourth-order valence-electron chi connectivity index (χ4n) is 2.58. The van der Waals surface area contributed by atoms with Crippen LogP contribution in [-0.4, -0.2) is 12.9 Å². The number of aromatic nitrogens is 1. The zero-order valence-electron chi connectivity index (χ0n) is 13.2. The molecular weight excluding hydrogens is 354 g/mol. The first-order valence-corrected chi connectivity index (χ1v) is 7.23. The summed E-state index contributed by atoms with van der Waals surface area (Å²) in [7, 11) is 1.60. The first-order valence-electron chi connectivity index (χ1n) is 7.23. The predicted molar refractivity (Wildman–Crippen MR) is 96.5 cm³/mol. The third-order valence-corrected chi connectivity index (χ3v) is 3.74. The normalized spacial score (nSPS) is 10.2. The van der Waals surface area contributed by atoms with Crippen molar-refractivity contribution in [3.63, 3.8) is 0 Å². The molecule has 0 N–H and O–H groups in total. The molecule has 0 saturated heterocycles. The summed E-state index contributed by atoms with van der Waals surface area (Å²) in [6.07, 6.45) is 1.94. The molecule has 0 aliphatic heterocycles. The van der Waals surface area contributed by atoms with Gasteiger partial charge in [-0.1, -0.05) is 23.8 Å². The SMILES string of the molecule is Br.COc1cccc(C(=O)C[n+]2cccc3cc(C)ccc32)c1. The molecule has 0 aliphatic carbocycles. The molecule has 1 aromatic heterocycles. The monoisotopic (exact) mass is 372 g/mol. The van der Waals surface area contributed by atoms with E-state index in [1.165, 1.54) is 5.56 Å². The summed E-state index contributed by atoms with van der Waals surface area (Å²) in [6, 6.07) is 17.6. The number of ketones is 1. The number of carbonyl (C=O) groups is 1. The van der Waals surface area contributed by atoms with Crippen molar-refractivity contribution in [1.82, 2.24) is 0 Å². The Morgan fingerprint density at radius 1 is 1.09 bits per heavy atom. The summed E-state index contributed by atoms with van der Waals surface area (Å²) < 4.78 is 7.16. The van der Waals surface area contributed by atoms with Gasteiger partial charge in [-0.25, -0.2) is 0 Å². The molecule has 0 amide bonds. The molecule has 23 heavy (non-hydrogen) atoms. The van der Waals surface area contributed by atoms with E-state index in [0.717, 1.165) is 10.9 Å². The summed E-state index contributed by atoms with van der Waals surface area (Å²) in [5.41, 5.74) is 2.93. The van der Waals surface area contributed by atoms with E-state index in [1.807, 2.05) is 35.0 Å². The highest BCUT2D eigenvalue weighted by atomic mass is 79.9. The van der Waals surface area contributed by atoms with Gasteiger partial charge in [0.05, 0.1) is 7.11 Å². The van der Waals surface area contributed by atoms with Crippen LogP contribution in [0.25, 0.3) is 10.9 Å². The van der Waals surface area contributed by atoms with Gasteiger partial charge in [-0.05, 0) is 31.2 Å². The summed E-state index contributed by atoms with van der Waals surface area (Å²) in [6.45, 7) is 2.38. The van der Waals surface area contributed by atoms with Crippen molar-refractivity contribution in [2.75, 3.05) is 7.11 Å². The fraction of sp³-hybridized carbons (Fsp3) is 0.158. The van der Waals surface area contributed by atoms with Crippen LogP contribution < -0.4 is 9.30 Å². The number of pyridine rings is 1.